The van der Waals surface area contributed by atoms with Crippen molar-refractivity contribution in [1.82, 2.24) is 4.98 Å². The molecule has 0 aliphatic heterocycles. The minimum absolute atomic E-state index is 0.0932. The molecule has 1 heterocycles. The highest BCUT2D eigenvalue weighted by Gasteiger charge is 2.06. The zero-order valence-corrected chi connectivity index (χ0v) is 9.68. The standard InChI is InChI=1S/C15H12N2O/c18-15(17-13-4-2-1-3-5-13)12-6-7-14-11(10-12)8-9-16-14/h1-10,16H,(H,17,18). The molecular weight excluding hydrogens is 224 g/mol. The van der Waals surface area contributed by atoms with E-state index in [1.807, 2.05) is 60.8 Å². The average molecular weight is 236 g/mol. The lowest BCUT2D eigenvalue weighted by molar-refractivity contribution is 0.102. The highest BCUT2D eigenvalue weighted by atomic mass is 16.1. The van der Waals surface area contributed by atoms with Crippen LogP contribution in [0.15, 0.2) is 60.8 Å². The molecule has 0 saturated carbocycles. The van der Waals surface area contributed by atoms with Gasteiger partial charge >= 0.3 is 0 Å². The average Bonchev–Trinajstić information content (AvgIpc) is 2.87. The molecule has 0 bridgehead atoms. The molecule has 0 radical (unpaired) electrons. The summed E-state index contributed by atoms with van der Waals surface area (Å²) >= 11 is 0. The summed E-state index contributed by atoms with van der Waals surface area (Å²) in [6.45, 7) is 0. The van der Waals surface area contributed by atoms with Crippen LogP contribution in [0.2, 0.25) is 0 Å². The Kier molecular flexibility index (Phi) is 2.57. The molecule has 0 aliphatic rings. The lowest BCUT2D eigenvalue weighted by Crippen LogP contribution is -2.11. The van der Waals surface area contributed by atoms with Crippen molar-refractivity contribution in [3.05, 3.63) is 66.4 Å². The quantitative estimate of drug-likeness (QED) is 0.703. The van der Waals surface area contributed by atoms with Crippen LogP contribution >= 0.6 is 0 Å². The molecule has 1 aromatic heterocycles. The van der Waals surface area contributed by atoms with Crippen molar-refractivity contribution in [2.75, 3.05) is 5.32 Å². The van der Waals surface area contributed by atoms with Crippen molar-refractivity contribution in [3.8, 4) is 0 Å². The summed E-state index contributed by atoms with van der Waals surface area (Å²) in [5, 5.41) is 3.90. The normalized spacial score (nSPS) is 10.4. The Hall–Kier alpha value is -2.55. The molecule has 2 N–H and O–H groups in total. The molecule has 3 heteroatoms. The highest BCUT2D eigenvalue weighted by molar-refractivity contribution is 6.06. The molecule has 0 atom stereocenters. The SMILES string of the molecule is O=C(Nc1ccccc1)c1ccc2[nH]ccc2c1. The van der Waals surface area contributed by atoms with Crippen molar-refractivity contribution in [2.24, 2.45) is 0 Å². The second-order valence-corrected chi connectivity index (χ2v) is 4.10. The number of benzene rings is 2. The maximum absolute atomic E-state index is 12.1. The number of anilines is 1. The summed E-state index contributed by atoms with van der Waals surface area (Å²) in [6, 6.07) is 17.0. The predicted molar refractivity (Wildman–Crippen MR) is 72.7 cm³/mol. The molecule has 3 aromatic rings. The van der Waals surface area contributed by atoms with E-state index in [0.29, 0.717) is 5.56 Å². The van der Waals surface area contributed by atoms with Crippen LogP contribution in [-0.2, 0) is 0 Å². The number of H-pyrrole nitrogens is 1. The van der Waals surface area contributed by atoms with Crippen molar-refractivity contribution in [3.63, 3.8) is 0 Å². The fourth-order valence-corrected chi connectivity index (χ4v) is 1.92. The third-order valence-electron chi connectivity index (χ3n) is 2.85. The number of amides is 1. The highest BCUT2D eigenvalue weighted by Crippen LogP contribution is 2.15. The molecule has 1 amide bonds. The van der Waals surface area contributed by atoms with Crippen LogP contribution < -0.4 is 5.32 Å². The number of hydrogen-bond donors (Lipinski definition) is 2. The van der Waals surface area contributed by atoms with Crippen LogP contribution in [0.3, 0.4) is 0 Å². The molecule has 3 nitrogen and oxygen atoms in total. The van der Waals surface area contributed by atoms with Gasteiger partial charge in [0.1, 0.15) is 0 Å². The Morgan fingerprint density at radius 2 is 1.83 bits per heavy atom. The third-order valence-corrected chi connectivity index (χ3v) is 2.85. The summed E-state index contributed by atoms with van der Waals surface area (Å²) in [4.78, 5) is 15.2. The van der Waals surface area contributed by atoms with Crippen molar-refractivity contribution < 1.29 is 4.79 Å². The van der Waals surface area contributed by atoms with Crippen molar-refractivity contribution >= 4 is 22.5 Å². The number of rotatable bonds is 2. The van der Waals surface area contributed by atoms with Gasteiger partial charge in [0, 0.05) is 28.4 Å². The number of carbonyl (C=O) groups is 1. The third kappa shape index (κ3) is 1.98. The van der Waals surface area contributed by atoms with Gasteiger partial charge in [-0.2, -0.15) is 0 Å². The number of hydrogen-bond acceptors (Lipinski definition) is 1. The molecule has 0 fully saturated rings. The number of para-hydroxylation sites is 1. The summed E-state index contributed by atoms with van der Waals surface area (Å²) in [5.41, 5.74) is 2.49. The van der Waals surface area contributed by atoms with Crippen LogP contribution in [0, 0.1) is 0 Å². The fourth-order valence-electron chi connectivity index (χ4n) is 1.92. The largest absolute Gasteiger partial charge is 0.361 e. The molecular formula is C15H12N2O. The molecule has 0 unspecified atom stereocenters. The number of aromatic amines is 1. The van der Waals surface area contributed by atoms with E-state index in [1.54, 1.807) is 0 Å². The molecule has 18 heavy (non-hydrogen) atoms. The van der Waals surface area contributed by atoms with Gasteiger partial charge in [0.2, 0.25) is 0 Å². The Labute approximate surface area is 104 Å². The monoisotopic (exact) mass is 236 g/mol. The van der Waals surface area contributed by atoms with E-state index >= 15 is 0 Å². The minimum Gasteiger partial charge on any atom is -0.361 e. The Balaban J connectivity index is 1.87. The van der Waals surface area contributed by atoms with Gasteiger partial charge in [0.05, 0.1) is 0 Å². The first kappa shape index (κ1) is 10.6. The van der Waals surface area contributed by atoms with Gasteiger partial charge in [-0.05, 0) is 36.4 Å². The Morgan fingerprint density at radius 3 is 2.67 bits per heavy atom. The van der Waals surface area contributed by atoms with Crippen LogP contribution in [0.25, 0.3) is 10.9 Å². The molecule has 0 aliphatic carbocycles. The van der Waals surface area contributed by atoms with Gasteiger partial charge in [-0.3, -0.25) is 4.79 Å². The van der Waals surface area contributed by atoms with E-state index in [-0.39, 0.29) is 5.91 Å². The van der Waals surface area contributed by atoms with E-state index in [2.05, 4.69) is 10.3 Å². The fraction of sp³-hybridized carbons (Fsp3) is 0. The van der Waals surface area contributed by atoms with Crippen LogP contribution in [0.4, 0.5) is 5.69 Å². The van der Waals surface area contributed by atoms with Gasteiger partial charge in [-0.25, -0.2) is 0 Å². The summed E-state index contributed by atoms with van der Waals surface area (Å²) in [5.74, 6) is -0.0932. The molecule has 2 aromatic carbocycles. The summed E-state index contributed by atoms with van der Waals surface area (Å²) < 4.78 is 0. The van der Waals surface area contributed by atoms with Gasteiger partial charge < -0.3 is 10.3 Å². The predicted octanol–water partition coefficient (Wildman–Crippen LogP) is 3.42. The van der Waals surface area contributed by atoms with E-state index in [4.69, 9.17) is 0 Å². The topological polar surface area (TPSA) is 44.9 Å². The Morgan fingerprint density at radius 1 is 1.00 bits per heavy atom. The number of aromatic nitrogens is 1. The number of fused-ring (bicyclic) bond motifs is 1. The molecule has 3 rings (SSSR count). The van der Waals surface area contributed by atoms with Crippen molar-refractivity contribution in [1.29, 1.82) is 0 Å². The maximum Gasteiger partial charge on any atom is 0.255 e. The van der Waals surface area contributed by atoms with E-state index in [9.17, 15) is 4.79 Å². The summed E-state index contributed by atoms with van der Waals surface area (Å²) in [7, 11) is 0. The van der Waals surface area contributed by atoms with Gasteiger partial charge in [0.25, 0.3) is 5.91 Å². The first-order valence-electron chi connectivity index (χ1n) is 5.76. The first-order chi connectivity index (χ1) is 8.83. The first-order valence-corrected chi connectivity index (χ1v) is 5.76. The second-order valence-electron chi connectivity index (χ2n) is 4.10. The van der Waals surface area contributed by atoms with Crippen LogP contribution in [0.1, 0.15) is 10.4 Å². The van der Waals surface area contributed by atoms with Gasteiger partial charge in [-0.15, -0.1) is 0 Å². The smallest absolute Gasteiger partial charge is 0.255 e. The van der Waals surface area contributed by atoms with E-state index < -0.39 is 0 Å². The maximum atomic E-state index is 12.1. The molecule has 0 saturated heterocycles. The van der Waals surface area contributed by atoms with Crippen LogP contribution in [-0.4, -0.2) is 10.9 Å². The van der Waals surface area contributed by atoms with Crippen molar-refractivity contribution in [2.45, 2.75) is 0 Å². The minimum atomic E-state index is -0.0932. The number of nitrogens with one attached hydrogen (secondary N) is 2. The van der Waals surface area contributed by atoms with Gasteiger partial charge in [-0.1, -0.05) is 18.2 Å². The zero-order valence-electron chi connectivity index (χ0n) is 9.68. The second kappa shape index (κ2) is 4.37. The lowest BCUT2D eigenvalue weighted by atomic mass is 10.1. The molecule has 0 spiro atoms. The molecule has 88 valence electrons. The number of carbonyl (C=O) groups excluding carboxylic acids is 1. The Bertz CT molecular complexity index is 686. The lowest BCUT2D eigenvalue weighted by Gasteiger charge is -2.04. The summed E-state index contributed by atoms with van der Waals surface area (Å²) in [6.07, 6.45) is 1.86. The van der Waals surface area contributed by atoms with Crippen LogP contribution in [0.5, 0.6) is 0 Å². The van der Waals surface area contributed by atoms with Gasteiger partial charge in [0.15, 0.2) is 0 Å². The van der Waals surface area contributed by atoms with E-state index in [1.165, 1.54) is 0 Å². The zero-order chi connectivity index (χ0) is 12.4. The van der Waals surface area contributed by atoms with E-state index in [0.717, 1.165) is 16.6 Å².